The third kappa shape index (κ3) is 5.85. The van der Waals surface area contributed by atoms with E-state index in [2.05, 4.69) is 5.32 Å². The number of aliphatic carboxylic acids is 1. The molecule has 0 saturated heterocycles. The lowest BCUT2D eigenvalue weighted by Gasteiger charge is -2.15. The fourth-order valence-corrected chi connectivity index (χ4v) is 2.50. The Balaban J connectivity index is 1.93. The second-order valence-electron chi connectivity index (χ2n) is 5.19. The molecule has 6 nitrogen and oxygen atoms in total. The molecule has 0 aromatic heterocycles. The smallest absolute Gasteiger partial charge is 0.326 e. The number of carboxylic acid groups (broad SMARTS) is 1. The molecule has 25 heavy (non-hydrogen) atoms. The zero-order chi connectivity index (χ0) is 18.4. The number of carbonyl (C=O) groups is 2. The van der Waals surface area contributed by atoms with Crippen LogP contribution in [0.15, 0.2) is 42.5 Å². The number of amides is 1. The van der Waals surface area contributed by atoms with Crippen LogP contribution in [0.2, 0.25) is 10.0 Å². The van der Waals surface area contributed by atoms with Gasteiger partial charge in [0.05, 0.1) is 5.02 Å². The summed E-state index contributed by atoms with van der Waals surface area (Å²) >= 11 is 11.7. The molecule has 0 aliphatic heterocycles. The number of rotatable bonds is 7. The SMILES string of the molecule is O=C(COc1ccc(Cl)cc1Cl)NC(Cc1ccc(O)cc1)C(=O)O. The van der Waals surface area contributed by atoms with Crippen molar-refractivity contribution in [2.24, 2.45) is 0 Å². The van der Waals surface area contributed by atoms with Gasteiger partial charge in [0.25, 0.3) is 5.91 Å². The fraction of sp³-hybridized carbons (Fsp3) is 0.176. The number of benzene rings is 2. The predicted octanol–water partition coefficient (Wildman–Crippen LogP) is 2.89. The lowest BCUT2D eigenvalue weighted by Crippen LogP contribution is -2.44. The highest BCUT2D eigenvalue weighted by molar-refractivity contribution is 6.35. The van der Waals surface area contributed by atoms with Crippen molar-refractivity contribution < 1.29 is 24.5 Å². The molecule has 0 aliphatic rings. The molecule has 0 bridgehead atoms. The number of nitrogens with one attached hydrogen (secondary N) is 1. The highest BCUT2D eigenvalue weighted by Gasteiger charge is 2.21. The van der Waals surface area contributed by atoms with Crippen LogP contribution in [0.3, 0.4) is 0 Å². The Morgan fingerprint density at radius 3 is 2.40 bits per heavy atom. The maximum atomic E-state index is 11.9. The number of carbonyl (C=O) groups excluding carboxylic acids is 1. The first kappa shape index (κ1) is 18.9. The summed E-state index contributed by atoms with van der Waals surface area (Å²) in [5.41, 5.74) is 0.659. The number of carboxylic acids is 1. The third-order valence-electron chi connectivity index (χ3n) is 3.26. The van der Waals surface area contributed by atoms with Crippen LogP contribution in [0.25, 0.3) is 0 Å². The minimum absolute atomic E-state index is 0.0725. The van der Waals surface area contributed by atoms with Crippen molar-refractivity contribution in [3.05, 3.63) is 58.1 Å². The number of phenolic OH excluding ortho intramolecular Hbond substituents is 1. The summed E-state index contributed by atoms with van der Waals surface area (Å²) in [6.07, 6.45) is 0.0725. The maximum Gasteiger partial charge on any atom is 0.326 e. The fourth-order valence-electron chi connectivity index (χ4n) is 2.04. The van der Waals surface area contributed by atoms with Crippen molar-refractivity contribution in [2.45, 2.75) is 12.5 Å². The van der Waals surface area contributed by atoms with Gasteiger partial charge in [-0.05, 0) is 35.9 Å². The van der Waals surface area contributed by atoms with Gasteiger partial charge in [-0.25, -0.2) is 4.79 Å². The van der Waals surface area contributed by atoms with Crippen LogP contribution in [0.5, 0.6) is 11.5 Å². The van der Waals surface area contributed by atoms with Crippen molar-refractivity contribution in [3.8, 4) is 11.5 Å². The van der Waals surface area contributed by atoms with Crippen molar-refractivity contribution in [3.63, 3.8) is 0 Å². The Morgan fingerprint density at radius 1 is 1.12 bits per heavy atom. The topological polar surface area (TPSA) is 95.9 Å². The van der Waals surface area contributed by atoms with Gasteiger partial charge in [-0.2, -0.15) is 0 Å². The first-order valence-corrected chi connectivity index (χ1v) is 7.98. The lowest BCUT2D eigenvalue weighted by molar-refractivity contribution is -0.142. The van der Waals surface area contributed by atoms with Gasteiger partial charge in [0.15, 0.2) is 6.61 Å². The van der Waals surface area contributed by atoms with E-state index in [1.807, 2.05) is 0 Å². The van der Waals surface area contributed by atoms with Crippen molar-refractivity contribution >= 4 is 35.1 Å². The highest BCUT2D eigenvalue weighted by atomic mass is 35.5. The normalized spacial score (nSPS) is 11.6. The Hall–Kier alpha value is -2.44. The molecule has 1 amide bonds. The van der Waals surface area contributed by atoms with E-state index in [1.165, 1.54) is 24.3 Å². The minimum atomic E-state index is -1.18. The van der Waals surface area contributed by atoms with E-state index >= 15 is 0 Å². The summed E-state index contributed by atoms with van der Waals surface area (Å²) in [4.78, 5) is 23.3. The molecular formula is C17H15Cl2NO5. The van der Waals surface area contributed by atoms with Gasteiger partial charge >= 0.3 is 5.97 Å². The maximum absolute atomic E-state index is 11.9. The van der Waals surface area contributed by atoms with Crippen LogP contribution in [-0.2, 0) is 16.0 Å². The molecule has 0 spiro atoms. The Kier molecular flexibility index (Phi) is 6.50. The van der Waals surface area contributed by atoms with Gasteiger partial charge in [0.1, 0.15) is 17.5 Å². The van der Waals surface area contributed by atoms with Gasteiger partial charge in [0, 0.05) is 11.4 Å². The molecule has 132 valence electrons. The molecule has 2 rings (SSSR count). The Bertz CT molecular complexity index is 764. The molecule has 2 aromatic carbocycles. The molecule has 8 heteroatoms. The van der Waals surface area contributed by atoms with E-state index in [1.54, 1.807) is 18.2 Å². The molecule has 3 N–H and O–H groups in total. The van der Waals surface area contributed by atoms with E-state index in [-0.39, 0.29) is 29.5 Å². The van der Waals surface area contributed by atoms with Crippen LogP contribution < -0.4 is 10.1 Å². The summed E-state index contributed by atoms with van der Waals surface area (Å²) in [6.45, 7) is -0.388. The van der Waals surface area contributed by atoms with Crippen molar-refractivity contribution in [1.29, 1.82) is 0 Å². The van der Waals surface area contributed by atoms with E-state index in [4.69, 9.17) is 27.9 Å². The molecule has 0 saturated carbocycles. The van der Waals surface area contributed by atoms with E-state index in [0.717, 1.165) is 0 Å². The summed E-state index contributed by atoms with van der Waals surface area (Å²) in [6, 6.07) is 9.49. The largest absolute Gasteiger partial charge is 0.508 e. The predicted molar refractivity (Wildman–Crippen MR) is 93.3 cm³/mol. The van der Waals surface area contributed by atoms with Crippen LogP contribution in [0.1, 0.15) is 5.56 Å². The zero-order valence-electron chi connectivity index (χ0n) is 12.9. The van der Waals surface area contributed by atoms with Crippen LogP contribution >= 0.6 is 23.2 Å². The number of aromatic hydroxyl groups is 1. The molecule has 2 aromatic rings. The van der Waals surface area contributed by atoms with Crippen LogP contribution in [0, 0.1) is 0 Å². The second-order valence-corrected chi connectivity index (χ2v) is 6.04. The van der Waals surface area contributed by atoms with Gasteiger partial charge in [-0.1, -0.05) is 35.3 Å². The summed E-state index contributed by atoms with van der Waals surface area (Å²) in [5, 5.41) is 21.6. The van der Waals surface area contributed by atoms with Crippen molar-refractivity contribution in [2.75, 3.05) is 6.61 Å². The Labute approximate surface area is 153 Å². The summed E-state index contributed by atoms with van der Waals surface area (Å²) in [5.74, 6) is -1.43. The van der Waals surface area contributed by atoms with E-state index in [0.29, 0.717) is 10.6 Å². The zero-order valence-corrected chi connectivity index (χ0v) is 14.4. The van der Waals surface area contributed by atoms with Gasteiger partial charge in [-0.15, -0.1) is 0 Å². The molecular weight excluding hydrogens is 369 g/mol. The summed E-state index contributed by atoms with van der Waals surface area (Å²) < 4.78 is 5.27. The van der Waals surface area contributed by atoms with Gasteiger partial charge in [0.2, 0.25) is 0 Å². The molecule has 0 radical (unpaired) electrons. The van der Waals surface area contributed by atoms with E-state index < -0.39 is 17.9 Å². The number of phenols is 1. The standard InChI is InChI=1S/C17H15Cl2NO5/c18-11-3-6-15(13(19)8-11)25-9-16(22)20-14(17(23)24)7-10-1-4-12(21)5-2-10/h1-6,8,14,21H,7,9H2,(H,20,22)(H,23,24). The number of ether oxygens (including phenoxy) is 1. The molecule has 0 aliphatic carbocycles. The van der Waals surface area contributed by atoms with Crippen molar-refractivity contribution in [1.82, 2.24) is 5.32 Å². The van der Waals surface area contributed by atoms with Crippen LogP contribution in [-0.4, -0.2) is 34.7 Å². The van der Waals surface area contributed by atoms with E-state index in [9.17, 15) is 19.8 Å². The summed E-state index contributed by atoms with van der Waals surface area (Å²) in [7, 11) is 0. The monoisotopic (exact) mass is 383 g/mol. The minimum Gasteiger partial charge on any atom is -0.508 e. The third-order valence-corrected chi connectivity index (χ3v) is 3.79. The first-order valence-electron chi connectivity index (χ1n) is 7.23. The van der Waals surface area contributed by atoms with Gasteiger partial charge in [-0.3, -0.25) is 4.79 Å². The molecule has 0 heterocycles. The number of hydrogen-bond donors (Lipinski definition) is 3. The highest BCUT2D eigenvalue weighted by Crippen LogP contribution is 2.27. The number of halogens is 2. The average Bonchev–Trinajstić information content (AvgIpc) is 2.55. The van der Waals surface area contributed by atoms with Crippen LogP contribution in [0.4, 0.5) is 0 Å². The molecule has 0 fully saturated rings. The van der Waals surface area contributed by atoms with Gasteiger partial charge < -0.3 is 20.3 Å². The molecule has 1 unspecified atom stereocenters. The average molecular weight is 384 g/mol. The Morgan fingerprint density at radius 2 is 1.80 bits per heavy atom. The lowest BCUT2D eigenvalue weighted by atomic mass is 10.1. The second kappa shape index (κ2) is 8.60. The first-order chi connectivity index (χ1) is 11.8. The quantitative estimate of drug-likeness (QED) is 0.682. The molecule has 1 atom stereocenters. The number of hydrogen-bond acceptors (Lipinski definition) is 4.